The van der Waals surface area contributed by atoms with Gasteiger partial charge >= 0.3 is 0 Å². The Bertz CT molecular complexity index is 712. The fourth-order valence-corrected chi connectivity index (χ4v) is 2.71. The highest BCUT2D eigenvalue weighted by Gasteiger charge is 2.11. The smallest absolute Gasteiger partial charge is 0.194 e. The van der Waals surface area contributed by atoms with Crippen molar-refractivity contribution in [1.82, 2.24) is 10.3 Å². The summed E-state index contributed by atoms with van der Waals surface area (Å²) in [7, 11) is 0. The van der Waals surface area contributed by atoms with E-state index in [-0.39, 0.29) is 6.04 Å². The van der Waals surface area contributed by atoms with Crippen LogP contribution in [0.25, 0.3) is 0 Å². The molecule has 7 heteroatoms. The van der Waals surface area contributed by atoms with Crippen molar-refractivity contribution < 1.29 is 4.42 Å². The summed E-state index contributed by atoms with van der Waals surface area (Å²) in [6, 6.07) is 5.27. The molecular weight excluding hydrogens is 335 g/mol. The number of rotatable bonds is 5. The lowest BCUT2D eigenvalue weighted by atomic mass is 10.1. The van der Waals surface area contributed by atoms with Gasteiger partial charge in [-0.15, -0.1) is 0 Å². The summed E-state index contributed by atoms with van der Waals surface area (Å²) < 4.78 is 5.60. The molecular formula is C16H20Cl2N4O. The van der Waals surface area contributed by atoms with Crippen molar-refractivity contribution in [2.75, 3.05) is 0 Å². The third-order valence-electron chi connectivity index (χ3n) is 3.43. The summed E-state index contributed by atoms with van der Waals surface area (Å²) in [5.74, 6) is 1.75. The Balaban J connectivity index is 2.02. The summed E-state index contributed by atoms with van der Waals surface area (Å²) in [4.78, 5) is 8.60. The lowest BCUT2D eigenvalue weighted by molar-refractivity contribution is 0.460. The number of hydrogen-bond donors (Lipinski definition) is 2. The maximum Gasteiger partial charge on any atom is 0.194 e. The van der Waals surface area contributed by atoms with E-state index in [1.54, 1.807) is 12.1 Å². The summed E-state index contributed by atoms with van der Waals surface area (Å²) in [6.07, 6.45) is 0.754. The average molecular weight is 355 g/mol. The fourth-order valence-electron chi connectivity index (χ4n) is 2.14. The van der Waals surface area contributed by atoms with Gasteiger partial charge in [0.15, 0.2) is 11.9 Å². The van der Waals surface area contributed by atoms with E-state index in [2.05, 4.69) is 15.3 Å². The van der Waals surface area contributed by atoms with Gasteiger partial charge in [0.05, 0.1) is 11.7 Å². The quantitative estimate of drug-likeness (QED) is 0.627. The first-order chi connectivity index (χ1) is 10.9. The number of nitrogens with zero attached hydrogens (tertiary/aromatic N) is 2. The second-order valence-electron chi connectivity index (χ2n) is 5.20. The molecule has 124 valence electrons. The monoisotopic (exact) mass is 354 g/mol. The maximum absolute atomic E-state index is 6.19. The predicted molar refractivity (Wildman–Crippen MR) is 94.0 cm³/mol. The van der Waals surface area contributed by atoms with Crippen LogP contribution in [-0.4, -0.2) is 10.9 Å². The molecule has 0 aliphatic heterocycles. The molecule has 1 unspecified atom stereocenters. The molecule has 0 radical (unpaired) electrons. The van der Waals surface area contributed by atoms with Gasteiger partial charge < -0.3 is 15.5 Å². The standard InChI is InChI=1S/C16H20Cl2N4O/c1-4-15-21-10(3)14(23-15)8-20-16(19)22-9(2)12-6-5-11(17)7-13(12)18/h5-7,9H,4,8H2,1-3H3,(H3,19,20,22). The van der Waals surface area contributed by atoms with Gasteiger partial charge in [-0.3, -0.25) is 0 Å². The van der Waals surface area contributed by atoms with E-state index in [0.717, 1.165) is 23.4 Å². The molecule has 0 spiro atoms. The zero-order chi connectivity index (χ0) is 17.0. The first-order valence-electron chi connectivity index (χ1n) is 7.37. The lowest BCUT2D eigenvalue weighted by Gasteiger charge is -2.16. The van der Waals surface area contributed by atoms with Crippen LogP contribution in [0.5, 0.6) is 0 Å². The highest BCUT2D eigenvalue weighted by atomic mass is 35.5. The first kappa shape index (κ1) is 17.6. The SMILES string of the molecule is CCc1nc(C)c(CN=C(N)NC(C)c2ccc(Cl)cc2Cl)o1. The number of aliphatic imine (C=N–C) groups is 1. The van der Waals surface area contributed by atoms with Gasteiger partial charge in [-0.1, -0.05) is 36.2 Å². The molecule has 1 heterocycles. The number of nitrogens with two attached hydrogens (primary N) is 1. The van der Waals surface area contributed by atoms with Crippen molar-refractivity contribution >= 4 is 29.2 Å². The Kier molecular flexibility index (Phi) is 5.91. The van der Waals surface area contributed by atoms with Gasteiger partial charge in [-0.25, -0.2) is 9.98 Å². The Morgan fingerprint density at radius 1 is 1.43 bits per heavy atom. The van der Waals surface area contributed by atoms with E-state index in [0.29, 0.717) is 28.4 Å². The Labute approximate surface area is 145 Å². The van der Waals surface area contributed by atoms with E-state index >= 15 is 0 Å². The predicted octanol–water partition coefficient (Wildman–Crippen LogP) is 4.02. The van der Waals surface area contributed by atoms with Crippen LogP contribution in [0.4, 0.5) is 0 Å². The van der Waals surface area contributed by atoms with Crippen LogP contribution < -0.4 is 11.1 Å². The maximum atomic E-state index is 6.19. The number of halogens is 2. The topological polar surface area (TPSA) is 76.4 Å². The third-order valence-corrected chi connectivity index (χ3v) is 3.99. The molecule has 0 aliphatic rings. The molecule has 2 aromatic rings. The number of guanidine groups is 1. The van der Waals surface area contributed by atoms with Gasteiger partial charge in [0, 0.05) is 16.5 Å². The second-order valence-corrected chi connectivity index (χ2v) is 6.05. The number of nitrogens with one attached hydrogen (secondary N) is 1. The van der Waals surface area contributed by atoms with Crippen LogP contribution in [0, 0.1) is 6.92 Å². The Morgan fingerprint density at radius 3 is 2.78 bits per heavy atom. The Morgan fingerprint density at radius 2 is 2.17 bits per heavy atom. The number of benzene rings is 1. The van der Waals surface area contributed by atoms with Crippen molar-refractivity contribution in [3.05, 3.63) is 51.2 Å². The molecule has 3 N–H and O–H groups in total. The molecule has 1 aromatic carbocycles. The first-order valence-corrected chi connectivity index (χ1v) is 8.12. The van der Waals surface area contributed by atoms with Crippen LogP contribution >= 0.6 is 23.2 Å². The minimum atomic E-state index is -0.0921. The van der Waals surface area contributed by atoms with E-state index in [9.17, 15) is 0 Å². The number of aromatic nitrogens is 1. The minimum Gasteiger partial charge on any atom is -0.443 e. The molecule has 0 aliphatic carbocycles. The van der Waals surface area contributed by atoms with Crippen LogP contribution in [0.15, 0.2) is 27.6 Å². The highest BCUT2D eigenvalue weighted by molar-refractivity contribution is 6.35. The summed E-state index contributed by atoms with van der Waals surface area (Å²) in [5.41, 5.74) is 7.68. The number of aryl methyl sites for hydroxylation is 2. The fraction of sp³-hybridized carbons (Fsp3) is 0.375. The molecule has 1 atom stereocenters. The molecule has 1 aromatic heterocycles. The highest BCUT2D eigenvalue weighted by Crippen LogP contribution is 2.25. The summed E-state index contributed by atoms with van der Waals surface area (Å²) >= 11 is 12.1. The molecule has 0 saturated heterocycles. The molecule has 0 amide bonds. The molecule has 0 fully saturated rings. The van der Waals surface area contributed by atoms with Crippen LogP contribution in [0.2, 0.25) is 10.0 Å². The number of hydrogen-bond acceptors (Lipinski definition) is 3. The van der Waals surface area contributed by atoms with Gasteiger partial charge in [0.2, 0.25) is 0 Å². The third kappa shape index (κ3) is 4.62. The van der Waals surface area contributed by atoms with E-state index < -0.39 is 0 Å². The van der Waals surface area contributed by atoms with Crippen molar-refractivity contribution in [2.45, 2.75) is 39.8 Å². The average Bonchev–Trinajstić information content (AvgIpc) is 2.85. The molecule has 23 heavy (non-hydrogen) atoms. The molecule has 5 nitrogen and oxygen atoms in total. The van der Waals surface area contributed by atoms with Crippen molar-refractivity contribution in [2.24, 2.45) is 10.7 Å². The van der Waals surface area contributed by atoms with Crippen molar-refractivity contribution in [1.29, 1.82) is 0 Å². The van der Waals surface area contributed by atoms with Crippen molar-refractivity contribution in [3.63, 3.8) is 0 Å². The summed E-state index contributed by atoms with van der Waals surface area (Å²) in [5, 5.41) is 4.29. The van der Waals surface area contributed by atoms with Crippen LogP contribution in [0.1, 0.15) is 42.8 Å². The van der Waals surface area contributed by atoms with Gasteiger partial charge in [0.25, 0.3) is 0 Å². The second kappa shape index (κ2) is 7.70. The van der Waals surface area contributed by atoms with Crippen LogP contribution in [0.3, 0.4) is 0 Å². The molecule has 2 rings (SSSR count). The van der Waals surface area contributed by atoms with E-state index in [1.165, 1.54) is 0 Å². The Hall–Kier alpha value is -1.72. The van der Waals surface area contributed by atoms with Gasteiger partial charge in [-0.2, -0.15) is 0 Å². The largest absolute Gasteiger partial charge is 0.443 e. The summed E-state index contributed by atoms with van der Waals surface area (Å²) in [6.45, 7) is 6.18. The minimum absolute atomic E-state index is 0.0921. The zero-order valence-corrected chi connectivity index (χ0v) is 14.9. The van der Waals surface area contributed by atoms with Gasteiger partial charge in [0.1, 0.15) is 12.3 Å². The van der Waals surface area contributed by atoms with E-state index in [1.807, 2.05) is 26.8 Å². The number of oxazole rings is 1. The van der Waals surface area contributed by atoms with Crippen molar-refractivity contribution in [3.8, 4) is 0 Å². The molecule has 0 saturated carbocycles. The van der Waals surface area contributed by atoms with Gasteiger partial charge in [-0.05, 0) is 31.5 Å². The molecule has 0 bridgehead atoms. The zero-order valence-electron chi connectivity index (χ0n) is 13.4. The van der Waals surface area contributed by atoms with Crippen LogP contribution in [-0.2, 0) is 13.0 Å². The van der Waals surface area contributed by atoms with E-state index in [4.69, 9.17) is 33.4 Å². The normalized spacial score (nSPS) is 13.2. The lowest BCUT2D eigenvalue weighted by Crippen LogP contribution is -2.34.